The van der Waals surface area contributed by atoms with E-state index in [-0.39, 0.29) is 0 Å². The van der Waals surface area contributed by atoms with Crippen LogP contribution in [0.1, 0.15) is 42.5 Å². The van der Waals surface area contributed by atoms with E-state index in [0.29, 0.717) is 5.92 Å². The van der Waals surface area contributed by atoms with Crippen molar-refractivity contribution in [2.24, 2.45) is 0 Å². The summed E-state index contributed by atoms with van der Waals surface area (Å²) in [5, 5.41) is 8.46. The predicted octanol–water partition coefficient (Wildman–Crippen LogP) is 3.25. The van der Waals surface area contributed by atoms with Crippen LogP contribution >= 0.6 is 0 Å². The third kappa shape index (κ3) is 2.88. The van der Waals surface area contributed by atoms with Gasteiger partial charge in [0.05, 0.1) is 5.69 Å². The number of benzene rings is 1. The van der Waals surface area contributed by atoms with E-state index in [1.54, 1.807) is 0 Å². The first-order valence-corrected chi connectivity index (χ1v) is 8.95. The zero-order valence-electron chi connectivity index (χ0n) is 14.0. The monoisotopic (exact) mass is 310 g/mol. The van der Waals surface area contributed by atoms with Crippen molar-refractivity contribution in [3.8, 4) is 0 Å². The van der Waals surface area contributed by atoms with Gasteiger partial charge in [0.1, 0.15) is 5.82 Å². The standard InChI is InChI=1S/C19H26N4/c1-2-23-19-17(10-11-20-19)18(21-23)16-9-6-12-22(14-16)13-15-7-4-3-5-8-15/h3-5,7-8,16,20H,2,6,9-14H2,1H3. The molecule has 0 aliphatic carbocycles. The molecule has 1 unspecified atom stereocenters. The van der Waals surface area contributed by atoms with E-state index < -0.39 is 0 Å². The Bertz CT molecular complexity index is 662. The highest BCUT2D eigenvalue weighted by atomic mass is 15.3. The van der Waals surface area contributed by atoms with E-state index in [0.717, 1.165) is 32.6 Å². The highest BCUT2D eigenvalue weighted by molar-refractivity contribution is 5.53. The van der Waals surface area contributed by atoms with Crippen LogP contribution in [0.25, 0.3) is 0 Å². The highest BCUT2D eigenvalue weighted by Crippen LogP contribution is 2.35. The minimum absolute atomic E-state index is 0.592. The highest BCUT2D eigenvalue weighted by Gasteiger charge is 2.29. The van der Waals surface area contributed by atoms with E-state index >= 15 is 0 Å². The summed E-state index contributed by atoms with van der Waals surface area (Å²) in [7, 11) is 0. The Kier molecular flexibility index (Phi) is 4.08. The molecule has 23 heavy (non-hydrogen) atoms. The van der Waals surface area contributed by atoms with Crippen molar-refractivity contribution < 1.29 is 0 Å². The minimum atomic E-state index is 0.592. The van der Waals surface area contributed by atoms with Crippen LogP contribution in [0.2, 0.25) is 0 Å². The molecule has 3 heterocycles. The first-order valence-electron chi connectivity index (χ1n) is 8.95. The molecule has 2 aromatic rings. The van der Waals surface area contributed by atoms with Gasteiger partial charge in [0, 0.05) is 37.7 Å². The number of hydrogen-bond acceptors (Lipinski definition) is 3. The maximum Gasteiger partial charge on any atom is 0.127 e. The molecule has 1 fully saturated rings. The predicted molar refractivity (Wildman–Crippen MR) is 93.8 cm³/mol. The van der Waals surface area contributed by atoms with Gasteiger partial charge in [-0.15, -0.1) is 0 Å². The lowest BCUT2D eigenvalue weighted by Crippen LogP contribution is -2.34. The number of nitrogens with zero attached hydrogens (tertiary/aromatic N) is 3. The molecule has 0 bridgehead atoms. The van der Waals surface area contributed by atoms with Gasteiger partial charge in [-0.3, -0.25) is 4.90 Å². The van der Waals surface area contributed by atoms with Crippen molar-refractivity contribution in [2.75, 3.05) is 25.0 Å². The Labute approximate surface area is 138 Å². The maximum absolute atomic E-state index is 4.94. The molecule has 0 saturated carbocycles. The lowest BCUT2D eigenvalue weighted by molar-refractivity contribution is 0.197. The summed E-state index contributed by atoms with van der Waals surface area (Å²) in [6, 6.07) is 10.8. The molecule has 1 aromatic heterocycles. The molecule has 4 heteroatoms. The second-order valence-electron chi connectivity index (χ2n) is 6.76. The van der Waals surface area contributed by atoms with Gasteiger partial charge in [-0.1, -0.05) is 30.3 Å². The minimum Gasteiger partial charge on any atom is -0.370 e. The fourth-order valence-corrected chi connectivity index (χ4v) is 4.09. The fraction of sp³-hybridized carbons (Fsp3) is 0.526. The van der Waals surface area contributed by atoms with Gasteiger partial charge in [0.2, 0.25) is 0 Å². The van der Waals surface area contributed by atoms with Gasteiger partial charge in [0.15, 0.2) is 0 Å². The largest absolute Gasteiger partial charge is 0.370 e. The number of aromatic nitrogens is 2. The zero-order valence-corrected chi connectivity index (χ0v) is 14.0. The van der Waals surface area contributed by atoms with E-state index in [2.05, 4.69) is 52.2 Å². The number of rotatable bonds is 4. The van der Waals surface area contributed by atoms with Gasteiger partial charge in [0.25, 0.3) is 0 Å². The number of likely N-dealkylation sites (tertiary alicyclic amines) is 1. The second-order valence-corrected chi connectivity index (χ2v) is 6.76. The molecule has 4 rings (SSSR count). The summed E-state index contributed by atoms with van der Waals surface area (Å²) in [4.78, 5) is 2.60. The van der Waals surface area contributed by atoms with Gasteiger partial charge in [-0.25, -0.2) is 4.68 Å². The number of nitrogens with one attached hydrogen (secondary N) is 1. The van der Waals surface area contributed by atoms with Crippen LogP contribution in [-0.2, 0) is 19.5 Å². The van der Waals surface area contributed by atoms with Crippen LogP contribution in [0, 0.1) is 0 Å². The average molecular weight is 310 g/mol. The van der Waals surface area contributed by atoms with E-state index in [1.807, 2.05) is 0 Å². The third-order valence-electron chi connectivity index (χ3n) is 5.19. The van der Waals surface area contributed by atoms with Crippen molar-refractivity contribution in [3.05, 3.63) is 47.2 Å². The van der Waals surface area contributed by atoms with E-state index in [1.165, 1.54) is 42.0 Å². The van der Waals surface area contributed by atoms with Crippen LogP contribution < -0.4 is 5.32 Å². The summed E-state index contributed by atoms with van der Waals surface area (Å²) in [5.41, 5.74) is 4.27. The summed E-state index contributed by atoms with van der Waals surface area (Å²) >= 11 is 0. The van der Waals surface area contributed by atoms with E-state index in [4.69, 9.17) is 5.10 Å². The number of fused-ring (bicyclic) bond motifs is 1. The summed E-state index contributed by atoms with van der Waals surface area (Å²) in [6.07, 6.45) is 3.69. The van der Waals surface area contributed by atoms with Crippen LogP contribution in [0.3, 0.4) is 0 Å². The SMILES string of the molecule is CCn1nc(C2CCCN(Cc3ccccc3)C2)c2c1NCC2. The van der Waals surface area contributed by atoms with Gasteiger partial charge < -0.3 is 5.32 Å². The van der Waals surface area contributed by atoms with Crippen molar-refractivity contribution in [2.45, 2.75) is 45.2 Å². The number of hydrogen-bond donors (Lipinski definition) is 1. The van der Waals surface area contributed by atoms with Crippen LogP contribution in [-0.4, -0.2) is 34.3 Å². The molecule has 2 aliphatic heterocycles. The van der Waals surface area contributed by atoms with Crippen LogP contribution in [0.5, 0.6) is 0 Å². The molecule has 1 aromatic carbocycles. The summed E-state index contributed by atoms with van der Waals surface area (Å²) in [6.45, 7) is 7.62. The molecule has 1 saturated heterocycles. The number of piperidine rings is 1. The molecular weight excluding hydrogens is 284 g/mol. The molecule has 1 atom stereocenters. The van der Waals surface area contributed by atoms with Gasteiger partial charge in [-0.2, -0.15) is 5.10 Å². The smallest absolute Gasteiger partial charge is 0.127 e. The number of aryl methyl sites for hydroxylation is 1. The van der Waals surface area contributed by atoms with Crippen molar-refractivity contribution in [1.82, 2.24) is 14.7 Å². The molecule has 0 spiro atoms. The molecule has 4 nitrogen and oxygen atoms in total. The quantitative estimate of drug-likeness (QED) is 0.941. The molecular formula is C19H26N4. The maximum atomic E-state index is 4.94. The normalized spacial score (nSPS) is 21.2. The van der Waals surface area contributed by atoms with Gasteiger partial charge in [-0.05, 0) is 38.3 Å². The van der Waals surface area contributed by atoms with E-state index in [9.17, 15) is 0 Å². The molecule has 2 aliphatic rings. The lowest BCUT2D eigenvalue weighted by Gasteiger charge is -2.32. The second kappa shape index (κ2) is 6.36. The Balaban J connectivity index is 1.52. The van der Waals surface area contributed by atoms with Gasteiger partial charge >= 0.3 is 0 Å². The molecule has 1 N–H and O–H groups in total. The van der Waals surface area contributed by atoms with Crippen molar-refractivity contribution in [1.29, 1.82) is 0 Å². The molecule has 0 radical (unpaired) electrons. The third-order valence-corrected chi connectivity index (χ3v) is 5.19. The Morgan fingerprint density at radius 3 is 2.96 bits per heavy atom. The number of anilines is 1. The topological polar surface area (TPSA) is 33.1 Å². The average Bonchev–Trinajstić information content (AvgIpc) is 3.18. The Morgan fingerprint density at radius 2 is 2.13 bits per heavy atom. The Morgan fingerprint density at radius 1 is 1.26 bits per heavy atom. The van der Waals surface area contributed by atoms with Crippen molar-refractivity contribution >= 4 is 5.82 Å². The first kappa shape index (κ1) is 14.8. The molecule has 0 amide bonds. The fourth-order valence-electron chi connectivity index (χ4n) is 4.09. The summed E-state index contributed by atoms with van der Waals surface area (Å²) < 4.78 is 2.16. The molecule has 122 valence electrons. The zero-order chi connectivity index (χ0) is 15.6. The Hall–Kier alpha value is -1.81. The lowest BCUT2D eigenvalue weighted by atomic mass is 9.91. The first-order chi connectivity index (χ1) is 11.3. The van der Waals surface area contributed by atoms with Crippen LogP contribution in [0.4, 0.5) is 5.82 Å². The summed E-state index contributed by atoms with van der Waals surface area (Å²) in [5.74, 6) is 1.87. The van der Waals surface area contributed by atoms with Crippen LogP contribution in [0.15, 0.2) is 30.3 Å². The van der Waals surface area contributed by atoms with Crippen molar-refractivity contribution in [3.63, 3.8) is 0 Å².